The predicted molar refractivity (Wildman–Crippen MR) is 155 cm³/mol. The maximum atomic E-state index is 13.7. The van der Waals surface area contributed by atoms with Crippen LogP contribution in [-0.2, 0) is 17.8 Å². The van der Waals surface area contributed by atoms with Crippen LogP contribution in [0.4, 0.5) is 5.82 Å². The molecule has 0 unspecified atom stereocenters. The number of nitrogens with one attached hydrogen (secondary N) is 1. The number of carbonyl (C=O) groups excluding carboxylic acids is 2. The lowest BCUT2D eigenvalue weighted by atomic mass is 9.94. The predicted octanol–water partition coefficient (Wildman–Crippen LogP) is 3.26. The van der Waals surface area contributed by atoms with E-state index in [-0.39, 0.29) is 30.4 Å². The zero-order valence-electron chi connectivity index (χ0n) is 22.8. The molecule has 0 saturated carbocycles. The van der Waals surface area contributed by atoms with Crippen molar-refractivity contribution in [1.29, 1.82) is 0 Å². The van der Waals surface area contributed by atoms with Crippen LogP contribution in [0.1, 0.15) is 47.8 Å². The van der Waals surface area contributed by atoms with Crippen molar-refractivity contribution >= 4 is 29.0 Å². The van der Waals surface area contributed by atoms with Crippen LogP contribution in [0.15, 0.2) is 47.8 Å². The van der Waals surface area contributed by atoms with E-state index in [2.05, 4.69) is 39.5 Å². The van der Waals surface area contributed by atoms with Gasteiger partial charge in [-0.15, -0.1) is 11.3 Å². The average Bonchev–Trinajstić information content (AvgIpc) is 3.52. The van der Waals surface area contributed by atoms with Gasteiger partial charge in [0.25, 0.3) is 5.91 Å². The Morgan fingerprint density at radius 2 is 1.75 bits per heavy atom. The Morgan fingerprint density at radius 3 is 2.48 bits per heavy atom. The van der Waals surface area contributed by atoms with E-state index < -0.39 is 6.10 Å². The number of hydrogen-bond acceptors (Lipinski definition) is 8. The molecule has 210 valence electrons. The number of amides is 2. The fourth-order valence-electron chi connectivity index (χ4n) is 6.19. The lowest BCUT2D eigenvalue weighted by Crippen LogP contribution is -2.56. The minimum atomic E-state index is -0.620. The van der Waals surface area contributed by atoms with Crippen molar-refractivity contribution in [2.45, 2.75) is 57.3 Å². The Kier molecular flexibility index (Phi) is 7.82. The lowest BCUT2D eigenvalue weighted by Gasteiger charge is -2.43. The summed E-state index contributed by atoms with van der Waals surface area (Å²) in [4.78, 5) is 41.7. The first-order valence-electron chi connectivity index (χ1n) is 14.2. The molecule has 2 atom stereocenters. The Morgan fingerprint density at radius 1 is 0.975 bits per heavy atom. The average molecular weight is 561 g/mol. The van der Waals surface area contributed by atoms with Gasteiger partial charge >= 0.3 is 0 Å². The number of fused-ring (bicyclic) bond motifs is 1. The van der Waals surface area contributed by atoms with E-state index in [0.717, 1.165) is 43.6 Å². The molecule has 2 amide bonds. The number of piperidine rings is 2. The monoisotopic (exact) mass is 560 g/mol. The maximum absolute atomic E-state index is 13.7. The van der Waals surface area contributed by atoms with Gasteiger partial charge in [0.05, 0.1) is 11.0 Å². The zero-order chi connectivity index (χ0) is 27.6. The van der Waals surface area contributed by atoms with Gasteiger partial charge in [0.15, 0.2) is 5.82 Å². The number of benzene rings is 1. The minimum absolute atomic E-state index is 0.0302. The summed E-state index contributed by atoms with van der Waals surface area (Å²) in [5.74, 6) is 1.05. The van der Waals surface area contributed by atoms with E-state index >= 15 is 0 Å². The number of carbonyl (C=O) groups is 2. The van der Waals surface area contributed by atoms with Crippen molar-refractivity contribution in [3.05, 3.63) is 64.7 Å². The summed E-state index contributed by atoms with van der Waals surface area (Å²) in [6.07, 6.45) is 2.73. The smallest absolute Gasteiger partial charge is 0.272 e. The minimum Gasteiger partial charge on any atom is -0.390 e. The van der Waals surface area contributed by atoms with Crippen molar-refractivity contribution < 1.29 is 14.7 Å². The summed E-state index contributed by atoms with van der Waals surface area (Å²) in [6, 6.07) is 14.3. The highest BCUT2D eigenvalue weighted by Crippen LogP contribution is 2.28. The first-order chi connectivity index (χ1) is 19.4. The van der Waals surface area contributed by atoms with E-state index in [9.17, 15) is 14.7 Å². The molecular weight excluding hydrogens is 524 g/mol. The van der Waals surface area contributed by atoms with Crippen molar-refractivity contribution in [3.8, 4) is 10.7 Å². The van der Waals surface area contributed by atoms with Crippen LogP contribution in [0.2, 0.25) is 0 Å². The fourth-order valence-corrected chi connectivity index (χ4v) is 6.84. The molecule has 5 heterocycles. The number of hydrogen-bond donors (Lipinski definition) is 2. The quantitative estimate of drug-likeness (QED) is 0.494. The summed E-state index contributed by atoms with van der Waals surface area (Å²) < 4.78 is 0. The molecule has 2 fully saturated rings. The summed E-state index contributed by atoms with van der Waals surface area (Å²) in [6.45, 7) is 5.63. The van der Waals surface area contributed by atoms with Gasteiger partial charge in [-0.3, -0.25) is 14.5 Å². The molecule has 3 aliphatic rings. The van der Waals surface area contributed by atoms with Gasteiger partial charge in [0.1, 0.15) is 11.5 Å². The molecule has 10 heteroatoms. The number of likely N-dealkylation sites (tertiary alicyclic amines) is 2. The second kappa shape index (κ2) is 11.6. The number of β-amino-alcohol motifs (C(OH)–C–C–N with tert-alkyl or cyclic N) is 1. The Labute approximate surface area is 238 Å². The van der Waals surface area contributed by atoms with Crippen molar-refractivity contribution in [2.75, 3.05) is 38.0 Å². The molecule has 2 saturated heterocycles. The number of anilines is 1. The molecule has 0 bridgehead atoms. The molecular formula is C30H36N6O3S. The first-order valence-corrected chi connectivity index (χ1v) is 15.1. The van der Waals surface area contributed by atoms with E-state index in [1.54, 1.807) is 17.9 Å². The maximum Gasteiger partial charge on any atom is 0.272 e. The normalized spacial score (nSPS) is 22.1. The molecule has 0 spiro atoms. The number of aromatic nitrogens is 2. The number of aliphatic hydroxyl groups excluding tert-OH is 1. The zero-order valence-corrected chi connectivity index (χ0v) is 23.6. The van der Waals surface area contributed by atoms with Crippen LogP contribution >= 0.6 is 11.3 Å². The Hall–Kier alpha value is -3.34. The van der Waals surface area contributed by atoms with Crippen LogP contribution in [0.3, 0.4) is 0 Å². The first kappa shape index (κ1) is 26.9. The SMILES string of the molecule is CC(=O)N1CCC(Nc2cc(C(=O)N3CC[C@@H](N4CCc5ccccc5C4)[C@H](O)C3)nc(-c3cccs3)n2)CC1. The summed E-state index contributed by atoms with van der Waals surface area (Å²) in [5.41, 5.74) is 3.05. The molecule has 9 nitrogen and oxygen atoms in total. The second-order valence-electron chi connectivity index (χ2n) is 11.0. The Balaban J connectivity index is 1.15. The van der Waals surface area contributed by atoms with Crippen LogP contribution in [-0.4, -0.2) is 92.5 Å². The third-order valence-corrected chi connectivity index (χ3v) is 9.31. The molecule has 6 rings (SSSR count). The highest BCUT2D eigenvalue weighted by molar-refractivity contribution is 7.13. The van der Waals surface area contributed by atoms with E-state index in [0.29, 0.717) is 37.0 Å². The van der Waals surface area contributed by atoms with Crippen LogP contribution in [0, 0.1) is 0 Å². The van der Waals surface area contributed by atoms with Gasteiger partial charge in [0.2, 0.25) is 5.91 Å². The standard InChI is InChI=1S/C30H36N6O3S/c1-20(37)34-13-9-23(10-14-34)31-28-17-24(32-29(33-28)27-7-4-16-40-27)30(39)36-15-11-25(26(38)19-36)35-12-8-21-5-2-3-6-22(21)18-35/h2-7,16-17,23,25-26,38H,8-15,18-19H2,1H3,(H,31,32,33)/t25-,26-/m1/s1. The van der Waals surface area contributed by atoms with Gasteiger partial charge in [-0.2, -0.15) is 0 Å². The van der Waals surface area contributed by atoms with Crippen LogP contribution in [0.5, 0.6) is 0 Å². The van der Waals surface area contributed by atoms with Crippen LogP contribution < -0.4 is 5.32 Å². The number of aliphatic hydroxyl groups is 1. The highest BCUT2D eigenvalue weighted by Gasteiger charge is 2.36. The number of thiophene rings is 1. The summed E-state index contributed by atoms with van der Waals surface area (Å²) in [7, 11) is 0. The van der Waals surface area contributed by atoms with Crippen molar-refractivity contribution in [1.82, 2.24) is 24.7 Å². The van der Waals surface area contributed by atoms with E-state index in [1.165, 1.54) is 22.5 Å². The van der Waals surface area contributed by atoms with Crippen molar-refractivity contribution in [2.24, 2.45) is 0 Å². The van der Waals surface area contributed by atoms with Gasteiger partial charge in [-0.1, -0.05) is 30.3 Å². The summed E-state index contributed by atoms with van der Waals surface area (Å²) in [5, 5.41) is 16.6. The molecule has 3 aromatic rings. The van der Waals surface area contributed by atoms with Gasteiger partial charge < -0.3 is 20.2 Å². The van der Waals surface area contributed by atoms with Gasteiger partial charge in [-0.05, 0) is 48.3 Å². The topological polar surface area (TPSA) is 102 Å². The molecule has 1 aromatic carbocycles. The number of nitrogens with zero attached hydrogens (tertiary/aromatic N) is 5. The molecule has 3 aliphatic heterocycles. The number of rotatable bonds is 5. The third-order valence-electron chi connectivity index (χ3n) is 8.44. The summed E-state index contributed by atoms with van der Waals surface area (Å²) >= 11 is 1.53. The fraction of sp³-hybridized carbons (Fsp3) is 0.467. The highest BCUT2D eigenvalue weighted by atomic mass is 32.1. The van der Waals surface area contributed by atoms with E-state index in [1.807, 2.05) is 22.4 Å². The molecule has 2 aromatic heterocycles. The van der Waals surface area contributed by atoms with Gasteiger partial charge in [0, 0.05) is 64.3 Å². The largest absolute Gasteiger partial charge is 0.390 e. The molecule has 2 N–H and O–H groups in total. The Bertz CT molecular complexity index is 1360. The lowest BCUT2D eigenvalue weighted by molar-refractivity contribution is -0.129. The molecule has 40 heavy (non-hydrogen) atoms. The second-order valence-corrected chi connectivity index (χ2v) is 12.0. The van der Waals surface area contributed by atoms with Gasteiger partial charge in [-0.25, -0.2) is 9.97 Å². The molecule has 0 radical (unpaired) electrons. The molecule has 0 aliphatic carbocycles. The van der Waals surface area contributed by atoms with Crippen LogP contribution in [0.25, 0.3) is 10.7 Å². The third kappa shape index (κ3) is 5.75. The van der Waals surface area contributed by atoms with Crippen molar-refractivity contribution in [3.63, 3.8) is 0 Å². The van der Waals surface area contributed by atoms with E-state index in [4.69, 9.17) is 4.98 Å².